The molecule has 0 radical (unpaired) electrons. The first-order valence-corrected chi connectivity index (χ1v) is 6.04. The number of hydrogen-bond donors (Lipinski definition) is 2. The van der Waals surface area contributed by atoms with Crippen molar-refractivity contribution < 1.29 is 9.90 Å². The average molecular weight is 228 g/mol. The van der Waals surface area contributed by atoms with Crippen molar-refractivity contribution in [2.24, 2.45) is 17.1 Å². The van der Waals surface area contributed by atoms with E-state index in [4.69, 9.17) is 10.8 Å². The van der Waals surface area contributed by atoms with Gasteiger partial charge in [0.25, 0.3) is 0 Å². The van der Waals surface area contributed by atoms with Gasteiger partial charge in [0.2, 0.25) is 0 Å². The first-order valence-electron chi connectivity index (χ1n) is 6.04. The summed E-state index contributed by atoms with van der Waals surface area (Å²) in [5.74, 6) is -0.214. The minimum atomic E-state index is -0.726. The Bertz CT molecular complexity index is 251. The van der Waals surface area contributed by atoms with Crippen LogP contribution in [-0.2, 0) is 4.79 Å². The molecule has 2 unspecified atom stereocenters. The third-order valence-electron chi connectivity index (χ3n) is 3.48. The summed E-state index contributed by atoms with van der Waals surface area (Å²) >= 11 is 0. The molecule has 2 atom stereocenters. The molecule has 1 saturated heterocycles. The van der Waals surface area contributed by atoms with Crippen LogP contribution in [0.1, 0.15) is 33.6 Å². The van der Waals surface area contributed by atoms with E-state index < -0.39 is 11.4 Å². The summed E-state index contributed by atoms with van der Waals surface area (Å²) in [7, 11) is 0. The van der Waals surface area contributed by atoms with E-state index in [1.165, 1.54) is 6.42 Å². The highest BCUT2D eigenvalue weighted by Gasteiger charge is 2.32. The average Bonchev–Trinajstić information content (AvgIpc) is 2.17. The molecule has 3 N–H and O–H groups in total. The Balaban J connectivity index is 2.52. The summed E-state index contributed by atoms with van der Waals surface area (Å²) in [6.07, 6.45) is 2.30. The second-order valence-corrected chi connectivity index (χ2v) is 5.69. The summed E-state index contributed by atoms with van der Waals surface area (Å²) in [5.41, 5.74) is 5.24. The van der Waals surface area contributed by atoms with Crippen molar-refractivity contribution in [3.8, 4) is 0 Å². The third kappa shape index (κ3) is 3.46. The Morgan fingerprint density at radius 1 is 1.62 bits per heavy atom. The zero-order chi connectivity index (χ0) is 12.3. The van der Waals surface area contributed by atoms with Gasteiger partial charge in [0, 0.05) is 19.1 Å². The lowest BCUT2D eigenvalue weighted by atomic mass is 9.88. The second-order valence-electron chi connectivity index (χ2n) is 5.69. The van der Waals surface area contributed by atoms with Crippen LogP contribution in [0.2, 0.25) is 0 Å². The van der Waals surface area contributed by atoms with Gasteiger partial charge in [-0.2, -0.15) is 0 Å². The van der Waals surface area contributed by atoms with Crippen molar-refractivity contribution in [2.45, 2.75) is 39.7 Å². The van der Waals surface area contributed by atoms with Crippen molar-refractivity contribution >= 4 is 5.97 Å². The van der Waals surface area contributed by atoms with E-state index in [1.54, 1.807) is 13.8 Å². The molecule has 94 valence electrons. The van der Waals surface area contributed by atoms with Gasteiger partial charge in [-0.3, -0.25) is 4.79 Å². The highest BCUT2D eigenvalue weighted by molar-refractivity contribution is 5.73. The fourth-order valence-electron chi connectivity index (χ4n) is 2.29. The van der Waals surface area contributed by atoms with Gasteiger partial charge in [-0.1, -0.05) is 0 Å². The van der Waals surface area contributed by atoms with Crippen molar-refractivity contribution in [1.29, 1.82) is 0 Å². The Hall–Kier alpha value is -0.610. The van der Waals surface area contributed by atoms with E-state index in [9.17, 15) is 4.79 Å². The molecule has 1 aliphatic heterocycles. The minimum absolute atomic E-state index is 0.204. The fourth-order valence-corrected chi connectivity index (χ4v) is 2.29. The molecule has 0 aliphatic carbocycles. The van der Waals surface area contributed by atoms with E-state index in [1.807, 2.05) is 6.92 Å². The molecular formula is C12H24N2O2. The molecule has 0 amide bonds. The van der Waals surface area contributed by atoms with Crippen molar-refractivity contribution in [3.05, 3.63) is 0 Å². The monoisotopic (exact) mass is 228 g/mol. The Labute approximate surface area is 97.8 Å². The predicted molar refractivity (Wildman–Crippen MR) is 64.2 cm³/mol. The topological polar surface area (TPSA) is 66.6 Å². The van der Waals surface area contributed by atoms with Crippen molar-refractivity contribution in [2.75, 3.05) is 19.6 Å². The molecule has 1 heterocycles. The SMILES string of the molecule is CC(N)C1CCCN(CC(C)(C)C(=O)O)C1. The van der Waals surface area contributed by atoms with Gasteiger partial charge in [-0.25, -0.2) is 0 Å². The van der Waals surface area contributed by atoms with Gasteiger partial charge in [0.05, 0.1) is 5.41 Å². The highest BCUT2D eigenvalue weighted by atomic mass is 16.4. The normalized spacial score (nSPS) is 25.4. The quantitative estimate of drug-likeness (QED) is 0.757. The maximum atomic E-state index is 11.1. The highest BCUT2D eigenvalue weighted by Crippen LogP contribution is 2.23. The summed E-state index contributed by atoms with van der Waals surface area (Å²) < 4.78 is 0. The standard InChI is InChI=1S/C12H24N2O2/c1-9(13)10-5-4-6-14(7-10)8-12(2,3)11(15)16/h9-10H,4-8,13H2,1-3H3,(H,15,16). The summed E-state index contributed by atoms with van der Waals surface area (Å²) in [5, 5.41) is 9.10. The molecule has 1 fully saturated rings. The lowest BCUT2D eigenvalue weighted by Crippen LogP contribution is -2.47. The van der Waals surface area contributed by atoms with E-state index in [-0.39, 0.29) is 6.04 Å². The van der Waals surface area contributed by atoms with Gasteiger partial charge < -0.3 is 15.7 Å². The van der Waals surface area contributed by atoms with Gasteiger partial charge >= 0.3 is 5.97 Å². The molecule has 0 spiro atoms. The third-order valence-corrected chi connectivity index (χ3v) is 3.48. The van der Waals surface area contributed by atoms with Crippen molar-refractivity contribution in [3.63, 3.8) is 0 Å². The number of nitrogens with two attached hydrogens (primary N) is 1. The van der Waals surface area contributed by atoms with E-state index >= 15 is 0 Å². The van der Waals surface area contributed by atoms with Gasteiger partial charge in [-0.15, -0.1) is 0 Å². The van der Waals surface area contributed by atoms with Crippen molar-refractivity contribution in [1.82, 2.24) is 4.90 Å². The molecule has 1 rings (SSSR count). The Kier molecular flexibility index (Phi) is 4.33. The first-order chi connectivity index (χ1) is 7.33. The lowest BCUT2D eigenvalue weighted by Gasteiger charge is -2.37. The number of rotatable bonds is 4. The number of aliphatic carboxylic acids is 1. The van der Waals surface area contributed by atoms with Crippen LogP contribution in [0.15, 0.2) is 0 Å². The number of likely N-dealkylation sites (tertiary alicyclic amines) is 1. The zero-order valence-electron chi connectivity index (χ0n) is 10.6. The molecule has 0 aromatic heterocycles. The van der Waals surface area contributed by atoms with E-state index in [2.05, 4.69) is 4.90 Å². The first kappa shape index (κ1) is 13.5. The molecule has 4 nitrogen and oxygen atoms in total. The van der Waals surface area contributed by atoms with Crippen LogP contribution in [0.4, 0.5) is 0 Å². The van der Waals surface area contributed by atoms with Gasteiger partial charge in [-0.05, 0) is 46.1 Å². The predicted octanol–water partition coefficient (Wildman–Crippen LogP) is 1.16. The molecule has 0 bridgehead atoms. The van der Waals surface area contributed by atoms with Crippen LogP contribution in [0, 0.1) is 11.3 Å². The van der Waals surface area contributed by atoms with Crippen LogP contribution in [0.3, 0.4) is 0 Å². The smallest absolute Gasteiger partial charge is 0.310 e. The summed E-state index contributed by atoms with van der Waals surface area (Å²) in [4.78, 5) is 13.3. The molecule has 0 saturated carbocycles. The van der Waals surface area contributed by atoms with Crippen LogP contribution >= 0.6 is 0 Å². The molecular weight excluding hydrogens is 204 g/mol. The summed E-state index contributed by atoms with van der Waals surface area (Å²) in [6.45, 7) is 8.16. The molecule has 16 heavy (non-hydrogen) atoms. The zero-order valence-corrected chi connectivity index (χ0v) is 10.6. The largest absolute Gasteiger partial charge is 0.481 e. The van der Waals surface area contributed by atoms with Crippen LogP contribution < -0.4 is 5.73 Å². The minimum Gasteiger partial charge on any atom is -0.481 e. The number of hydrogen-bond acceptors (Lipinski definition) is 3. The molecule has 0 aromatic rings. The van der Waals surface area contributed by atoms with E-state index in [0.717, 1.165) is 19.5 Å². The summed E-state index contributed by atoms with van der Waals surface area (Å²) in [6, 6.07) is 0.204. The van der Waals surface area contributed by atoms with Gasteiger partial charge in [0.1, 0.15) is 0 Å². The second kappa shape index (κ2) is 5.15. The number of carboxylic acid groups (broad SMARTS) is 1. The Morgan fingerprint density at radius 3 is 2.75 bits per heavy atom. The van der Waals surface area contributed by atoms with Gasteiger partial charge in [0.15, 0.2) is 0 Å². The van der Waals surface area contributed by atoms with Crippen LogP contribution in [-0.4, -0.2) is 41.7 Å². The maximum absolute atomic E-state index is 11.1. The molecule has 1 aliphatic rings. The Morgan fingerprint density at radius 2 is 2.25 bits per heavy atom. The molecule has 4 heteroatoms. The molecule has 0 aromatic carbocycles. The lowest BCUT2D eigenvalue weighted by molar-refractivity contribution is -0.148. The number of nitrogens with zero attached hydrogens (tertiary/aromatic N) is 1. The number of carbonyl (C=O) groups is 1. The van der Waals surface area contributed by atoms with Crippen LogP contribution in [0.5, 0.6) is 0 Å². The maximum Gasteiger partial charge on any atom is 0.310 e. The fraction of sp³-hybridized carbons (Fsp3) is 0.917. The van der Waals surface area contributed by atoms with Crippen LogP contribution in [0.25, 0.3) is 0 Å². The van der Waals surface area contributed by atoms with E-state index in [0.29, 0.717) is 12.5 Å². The number of piperidine rings is 1. The number of carboxylic acids is 1.